The summed E-state index contributed by atoms with van der Waals surface area (Å²) in [5.41, 5.74) is 19.3. The molecule has 0 spiro atoms. The van der Waals surface area contributed by atoms with Crippen molar-refractivity contribution in [3.63, 3.8) is 0 Å². The van der Waals surface area contributed by atoms with Gasteiger partial charge in [0.05, 0.1) is 38.3 Å². The number of thiophene rings is 1. The lowest BCUT2D eigenvalue weighted by molar-refractivity contribution is -0.150. The molecule has 3 aliphatic heterocycles. The van der Waals surface area contributed by atoms with E-state index in [1.807, 2.05) is 25.1 Å². The molecule has 732 valence electrons. The van der Waals surface area contributed by atoms with Crippen molar-refractivity contribution in [2.45, 2.75) is 216 Å². The van der Waals surface area contributed by atoms with Crippen molar-refractivity contribution in [1.29, 1.82) is 5.41 Å². The van der Waals surface area contributed by atoms with E-state index in [9.17, 15) is 53.4 Å². The fourth-order valence-electron chi connectivity index (χ4n) is 16.4. The van der Waals surface area contributed by atoms with Crippen LogP contribution in [0, 0.1) is 11.3 Å². The van der Waals surface area contributed by atoms with Crippen LogP contribution in [0.25, 0.3) is 21.0 Å². The van der Waals surface area contributed by atoms with Crippen LogP contribution in [-0.2, 0) is 112 Å². The summed E-state index contributed by atoms with van der Waals surface area (Å²) in [6, 6.07) is -1.63. The Hall–Kier alpha value is -13.3. The van der Waals surface area contributed by atoms with Crippen molar-refractivity contribution in [2.24, 2.45) is 23.1 Å². The number of phenols is 1. The van der Waals surface area contributed by atoms with Gasteiger partial charge in [-0.3, -0.25) is 86.9 Å². The third-order valence-electron chi connectivity index (χ3n) is 23.8. The number of guanidine groups is 1. The Balaban J connectivity index is 1.10. The fraction of sp³-hybridized carbons (Fsp3) is 0.522. The first kappa shape index (κ1) is 105. The number of para-hydroxylation sites is 1. The summed E-state index contributed by atoms with van der Waals surface area (Å²) in [6.45, 7) is 5.85. The summed E-state index contributed by atoms with van der Waals surface area (Å²) >= 11 is 2.10. The summed E-state index contributed by atoms with van der Waals surface area (Å²) in [4.78, 5) is 266. The van der Waals surface area contributed by atoms with E-state index in [2.05, 4.69) is 73.4 Å². The first-order chi connectivity index (χ1) is 64.4. The number of rotatable bonds is 26. The van der Waals surface area contributed by atoms with E-state index in [0.29, 0.717) is 51.5 Å². The average Bonchev–Trinajstić information content (AvgIpc) is 1.75. The largest absolute Gasteiger partial charge is 0.508 e. The van der Waals surface area contributed by atoms with E-state index in [1.165, 1.54) is 81.1 Å². The van der Waals surface area contributed by atoms with Crippen molar-refractivity contribution >= 4 is 150 Å². The standard InChI is InChI=1S/C90H125N23O20S2/c1-9-11-23-70-89(132)111(8)71(44-133-10-2)84(127)101-59(22-16-31-96-90(93)94)78(121)108-67(77(120)98-42-74(92)117)46-134-47-75(118)100-63(35-51-27-29-55(115)30-28-51)85(128)109(6)50(5)76(119)104-65(39-73(91)116)88(131)113-33-18-25-69(113)83(126)103-61(38-54-41-95-48-99-54)80(123)105-62(34-49(3)4)87(130)112-32-17-24-68(112)82(125)102-60(36-52-40-97-58-21-14-12-19-56(52)58)79(122)107-66(43-114)81(124)106-64(86(129)110(70)7)37-53-45-135-72-26-15-13-20-57(53)72/h12-15,19-21,26-30,40-41,45,48-50,59-71,97,114-115H,9-11,16-18,22-25,31-39,42-44,46-47H2,1-8H3,(H2,91,116)(H2,92,117)(H,95,99)(H,98,120)(H,100,118)(H,101,127)(H,102,125)(H,103,126)(H,104,119)(H,105,123)(H,106,124)(H,107,122)(H,108,121)(H4,93,94,96)/t50-,59-,60-,61-,62-,63-,64-,65-,66-,67?,68-,69-,70-,71-/m0/s1. The number of aromatic hydroxyl groups is 1. The zero-order chi connectivity index (χ0) is 98.4. The highest BCUT2D eigenvalue weighted by molar-refractivity contribution is 8.00. The lowest BCUT2D eigenvalue weighted by atomic mass is 10.0. The number of ether oxygens (including phenoxy) is 1. The van der Waals surface area contributed by atoms with Gasteiger partial charge in [-0.25, -0.2) is 4.98 Å². The normalized spacial score (nSPS) is 24.2. The highest BCUT2D eigenvalue weighted by Gasteiger charge is 2.46. The molecule has 6 aromatic rings. The van der Waals surface area contributed by atoms with E-state index in [0.717, 1.165) is 36.1 Å². The molecule has 14 atom stereocenters. The number of nitrogens with two attached hydrogens (primary N) is 3. The number of unbranched alkanes of at least 4 members (excludes halogenated alkanes) is 1. The number of benzene rings is 3. The Bertz CT molecular complexity index is 5210. The van der Waals surface area contributed by atoms with Crippen LogP contribution < -0.4 is 75.7 Å². The van der Waals surface area contributed by atoms with Crippen LogP contribution in [0.15, 0.2) is 96.9 Å². The van der Waals surface area contributed by atoms with Crippen LogP contribution in [0.5, 0.6) is 5.75 Å². The van der Waals surface area contributed by atoms with Crippen molar-refractivity contribution in [3.8, 4) is 5.75 Å². The monoisotopic (exact) mass is 1910 g/mol. The first-order valence-electron chi connectivity index (χ1n) is 45.0. The Labute approximate surface area is 788 Å². The van der Waals surface area contributed by atoms with Gasteiger partial charge in [-0.05, 0) is 123 Å². The van der Waals surface area contributed by atoms with Gasteiger partial charge in [0.1, 0.15) is 90.3 Å². The molecular weight excluding hydrogens is 1790 g/mol. The lowest BCUT2D eigenvalue weighted by Crippen LogP contribution is -2.62. The molecule has 0 saturated carbocycles. The molecule has 135 heavy (non-hydrogen) atoms. The minimum absolute atomic E-state index is 0.00381. The van der Waals surface area contributed by atoms with E-state index in [1.54, 1.807) is 62.7 Å². The zero-order valence-corrected chi connectivity index (χ0v) is 78.5. The van der Waals surface area contributed by atoms with E-state index in [4.69, 9.17) is 27.3 Å². The lowest BCUT2D eigenvalue weighted by Gasteiger charge is -2.36. The van der Waals surface area contributed by atoms with Crippen LogP contribution in [-0.4, -0.2) is 319 Å². The Morgan fingerprint density at radius 2 is 1.15 bits per heavy atom. The molecule has 17 amide bonds. The number of amides is 17. The summed E-state index contributed by atoms with van der Waals surface area (Å²) in [5, 5.41) is 61.6. The molecule has 43 nitrogen and oxygen atoms in total. The summed E-state index contributed by atoms with van der Waals surface area (Å²) < 4.78 is 6.66. The molecule has 3 fully saturated rings. The number of primary amides is 2. The Morgan fingerprint density at radius 3 is 1.77 bits per heavy atom. The molecule has 1 unspecified atom stereocenters. The number of likely N-dealkylation sites (N-methyl/N-ethyl adjacent to an activating group) is 3. The number of aliphatic hydroxyl groups excluding tert-OH is 1. The summed E-state index contributed by atoms with van der Waals surface area (Å²) in [6.07, 6.45) is 3.60. The van der Waals surface area contributed by atoms with Crippen LogP contribution in [0.1, 0.15) is 128 Å². The van der Waals surface area contributed by atoms with Crippen LogP contribution >= 0.6 is 23.1 Å². The molecule has 3 aliphatic rings. The maximum Gasteiger partial charge on any atom is 0.246 e. The predicted octanol–water partition coefficient (Wildman–Crippen LogP) is -2.32. The number of phenolic OH excluding ortho intramolecular Hbond substituents is 1. The second-order valence-corrected chi connectivity index (χ2v) is 36.1. The third-order valence-corrected chi connectivity index (χ3v) is 25.9. The van der Waals surface area contributed by atoms with Gasteiger partial charge in [0, 0.05) is 113 Å². The van der Waals surface area contributed by atoms with Gasteiger partial charge < -0.3 is 125 Å². The van der Waals surface area contributed by atoms with Crippen LogP contribution in [0.3, 0.4) is 0 Å². The molecule has 0 radical (unpaired) electrons. The van der Waals surface area contributed by atoms with Gasteiger partial charge in [0.2, 0.25) is 100 Å². The summed E-state index contributed by atoms with van der Waals surface area (Å²) in [7, 11) is 3.83. The second kappa shape index (κ2) is 50.7. The zero-order valence-electron chi connectivity index (χ0n) is 76.8. The number of carbonyl (C=O) groups is 17. The minimum Gasteiger partial charge on any atom is -0.508 e. The number of nitrogens with zero attached hydrogens (tertiary/aromatic N) is 6. The molecule has 0 aliphatic carbocycles. The molecule has 9 rings (SSSR count). The maximum atomic E-state index is 15.7. The molecule has 3 saturated heterocycles. The van der Waals surface area contributed by atoms with Crippen LogP contribution in [0.2, 0.25) is 0 Å². The maximum absolute atomic E-state index is 15.7. The smallest absolute Gasteiger partial charge is 0.246 e. The van der Waals surface area contributed by atoms with Crippen molar-refractivity contribution in [3.05, 3.63) is 119 Å². The average molecular weight is 1910 g/mol. The Morgan fingerprint density at radius 1 is 0.578 bits per heavy atom. The number of aromatic amines is 2. The number of imidazole rings is 1. The van der Waals surface area contributed by atoms with E-state index < -0.39 is 229 Å². The number of nitrogens with one attached hydrogen (secondary N) is 14. The fourth-order valence-corrected chi connectivity index (χ4v) is 18.2. The minimum atomic E-state index is -1.85. The van der Waals surface area contributed by atoms with E-state index in [-0.39, 0.29) is 115 Å². The van der Waals surface area contributed by atoms with Gasteiger partial charge >= 0.3 is 0 Å². The quantitative estimate of drug-likeness (QED) is 0.0154. The highest BCUT2D eigenvalue weighted by Crippen LogP contribution is 2.30. The molecular formula is C90H125N23O20S2. The summed E-state index contributed by atoms with van der Waals surface area (Å²) in [5.74, 6) is -17.7. The SMILES string of the molecule is CCCC[C@H]1C(=O)N(C)[C@@H](COCC)C(=O)N[C@@H](CCCNC(=N)N)C(=O)NC(C(=O)NCC(N)=O)CSCC(=O)N[C@@H](Cc2ccc(O)cc2)C(=O)N(C)[C@@H](C)C(=O)N[C@@H](CC(N)=O)C(=O)N2CCC[C@H]2C(=O)N[C@@H](Cc2cnc[nH]2)C(=O)N[C@@H](CC(C)C)C(=O)N2CCC[C@H]2C(=O)N[C@@H](Cc2c[nH]c3ccccc23)C(=O)N[C@@H](CO)C(=O)N[C@@H](Cc2csc3ccccc23)C(=O)N1C. The van der Waals surface area contributed by atoms with E-state index >= 15 is 38.4 Å². The second-order valence-electron chi connectivity index (χ2n) is 34.2. The molecule has 3 aromatic carbocycles. The van der Waals surface area contributed by atoms with Gasteiger partial charge in [-0.1, -0.05) is 82.1 Å². The topological polar surface area (TPSA) is 635 Å². The molecule has 3 aromatic heterocycles. The molecule has 6 heterocycles. The van der Waals surface area contributed by atoms with Crippen molar-refractivity contribution < 1.29 is 96.5 Å². The molecule has 0 bridgehead atoms. The van der Waals surface area contributed by atoms with Gasteiger partial charge in [-0.15, -0.1) is 23.1 Å². The predicted molar refractivity (Wildman–Crippen MR) is 499 cm³/mol. The Kier molecular flexibility index (Phi) is 39.6. The number of H-pyrrole nitrogens is 2. The van der Waals surface area contributed by atoms with Crippen molar-refractivity contribution in [2.75, 3.05) is 78.6 Å². The van der Waals surface area contributed by atoms with Gasteiger partial charge in [0.15, 0.2) is 5.96 Å². The molecule has 45 heteroatoms. The number of fused-ring (bicyclic) bond motifs is 4. The number of hydrogen-bond acceptors (Lipinski definition) is 24. The molecule has 22 N–H and O–H groups in total. The number of carbonyl (C=O) groups excluding carboxylic acids is 17. The van der Waals surface area contributed by atoms with Crippen molar-refractivity contribution in [1.82, 2.24) is 97.9 Å². The number of hydrogen-bond donors (Lipinski definition) is 19. The van der Waals surface area contributed by atoms with Gasteiger partial charge in [0.25, 0.3) is 0 Å². The first-order valence-corrected chi connectivity index (χ1v) is 47.0. The third kappa shape index (κ3) is 29.6. The number of aromatic nitrogens is 3. The van der Waals surface area contributed by atoms with Crippen LogP contribution in [0.4, 0.5) is 0 Å². The number of thioether (sulfide) groups is 1. The number of aliphatic hydroxyl groups is 1. The van der Waals surface area contributed by atoms with Gasteiger partial charge in [-0.2, -0.15) is 0 Å². The highest BCUT2D eigenvalue weighted by atomic mass is 32.2.